The van der Waals surface area contributed by atoms with Crippen molar-refractivity contribution in [2.45, 2.75) is 20.3 Å². The fourth-order valence-electron chi connectivity index (χ4n) is 2.98. The fraction of sp³-hybridized carbons (Fsp3) is 0.211. The number of nitro benzene ring substituents is 1. The van der Waals surface area contributed by atoms with E-state index in [1.807, 2.05) is 26.0 Å². The normalized spacial score (nSPS) is 12.9. The third-order valence-electron chi connectivity index (χ3n) is 4.61. The van der Waals surface area contributed by atoms with Crippen molar-refractivity contribution in [3.05, 3.63) is 68.8 Å². The number of hydrogen-bond acceptors (Lipinski definition) is 5. The summed E-state index contributed by atoms with van der Waals surface area (Å²) in [4.78, 5) is 48.4. The van der Waals surface area contributed by atoms with Gasteiger partial charge in [0.1, 0.15) is 5.56 Å². The minimum absolute atomic E-state index is 0.0101. The number of carbonyl (C=O) groups excluding carboxylic acids is 3. The highest BCUT2D eigenvalue weighted by Crippen LogP contribution is 2.30. The van der Waals surface area contributed by atoms with Gasteiger partial charge >= 0.3 is 0 Å². The van der Waals surface area contributed by atoms with E-state index in [2.05, 4.69) is 5.32 Å². The van der Waals surface area contributed by atoms with Crippen LogP contribution in [-0.4, -0.2) is 34.1 Å². The molecule has 0 aliphatic carbocycles. The number of benzene rings is 2. The molecule has 0 fully saturated rings. The Balaban J connectivity index is 1.72. The molecular formula is C19H17N3O5. The van der Waals surface area contributed by atoms with Crippen molar-refractivity contribution in [2.75, 3.05) is 11.9 Å². The molecule has 3 amide bonds. The molecule has 0 bridgehead atoms. The van der Waals surface area contributed by atoms with Crippen molar-refractivity contribution in [3.63, 3.8) is 0 Å². The zero-order valence-corrected chi connectivity index (χ0v) is 14.8. The molecule has 1 heterocycles. The lowest BCUT2D eigenvalue weighted by Gasteiger charge is -2.14. The summed E-state index contributed by atoms with van der Waals surface area (Å²) in [6, 6.07) is 9.43. The lowest BCUT2D eigenvalue weighted by atomic mass is 10.1. The number of anilines is 1. The molecule has 0 saturated carbocycles. The van der Waals surface area contributed by atoms with Crippen molar-refractivity contribution >= 4 is 29.1 Å². The lowest BCUT2D eigenvalue weighted by Crippen LogP contribution is -2.33. The van der Waals surface area contributed by atoms with Gasteiger partial charge in [0.15, 0.2) is 0 Å². The maximum Gasteiger partial charge on any atom is 0.282 e. The monoisotopic (exact) mass is 367 g/mol. The summed E-state index contributed by atoms with van der Waals surface area (Å²) in [5, 5.41) is 13.9. The topological polar surface area (TPSA) is 110 Å². The summed E-state index contributed by atoms with van der Waals surface area (Å²) in [5.41, 5.74) is 1.99. The first-order chi connectivity index (χ1) is 12.8. The highest BCUT2D eigenvalue weighted by atomic mass is 16.6. The van der Waals surface area contributed by atoms with Gasteiger partial charge in [0.2, 0.25) is 5.91 Å². The number of amides is 3. The van der Waals surface area contributed by atoms with E-state index in [1.165, 1.54) is 18.2 Å². The Morgan fingerprint density at radius 1 is 1.11 bits per heavy atom. The molecule has 2 aromatic rings. The number of nitro groups is 1. The molecule has 0 radical (unpaired) electrons. The second-order valence-corrected chi connectivity index (χ2v) is 6.26. The van der Waals surface area contributed by atoms with E-state index in [0.29, 0.717) is 5.69 Å². The number of aryl methyl sites for hydroxylation is 1. The molecule has 0 atom stereocenters. The van der Waals surface area contributed by atoms with Crippen LogP contribution in [0.25, 0.3) is 0 Å². The Hall–Kier alpha value is -3.55. The quantitative estimate of drug-likeness (QED) is 0.496. The smallest absolute Gasteiger partial charge is 0.282 e. The number of nitrogens with one attached hydrogen (secondary N) is 1. The van der Waals surface area contributed by atoms with Gasteiger partial charge in [0.05, 0.1) is 10.5 Å². The van der Waals surface area contributed by atoms with Crippen LogP contribution in [0.4, 0.5) is 11.4 Å². The Morgan fingerprint density at radius 3 is 2.52 bits per heavy atom. The molecule has 0 unspecified atom stereocenters. The molecule has 8 nitrogen and oxygen atoms in total. The predicted molar refractivity (Wildman–Crippen MR) is 97.6 cm³/mol. The third kappa shape index (κ3) is 3.29. The minimum atomic E-state index is -0.748. The van der Waals surface area contributed by atoms with Crippen LogP contribution in [0.5, 0.6) is 0 Å². The lowest BCUT2D eigenvalue weighted by molar-refractivity contribution is -0.385. The largest absolute Gasteiger partial charge is 0.326 e. The number of hydrogen-bond donors (Lipinski definition) is 1. The van der Waals surface area contributed by atoms with Crippen LogP contribution in [-0.2, 0) is 4.79 Å². The first kappa shape index (κ1) is 18.2. The van der Waals surface area contributed by atoms with Crippen LogP contribution in [0.1, 0.15) is 38.3 Å². The molecule has 1 aliphatic rings. The molecule has 0 saturated heterocycles. The van der Waals surface area contributed by atoms with Crippen LogP contribution in [0.3, 0.4) is 0 Å². The highest BCUT2D eigenvalue weighted by Gasteiger charge is 2.40. The Bertz CT molecular complexity index is 983. The van der Waals surface area contributed by atoms with E-state index < -0.39 is 22.4 Å². The minimum Gasteiger partial charge on any atom is -0.326 e. The molecule has 1 aliphatic heterocycles. The number of rotatable bonds is 5. The summed E-state index contributed by atoms with van der Waals surface area (Å²) in [6.45, 7) is 3.66. The van der Waals surface area contributed by atoms with E-state index in [4.69, 9.17) is 0 Å². The first-order valence-corrected chi connectivity index (χ1v) is 8.31. The van der Waals surface area contributed by atoms with E-state index in [9.17, 15) is 24.5 Å². The predicted octanol–water partition coefficient (Wildman–Crippen LogP) is 2.84. The molecular weight excluding hydrogens is 350 g/mol. The summed E-state index contributed by atoms with van der Waals surface area (Å²) < 4.78 is 0. The van der Waals surface area contributed by atoms with Crippen LogP contribution in [0.2, 0.25) is 0 Å². The van der Waals surface area contributed by atoms with Gasteiger partial charge in [-0.25, -0.2) is 0 Å². The number of imide groups is 1. The maximum absolute atomic E-state index is 12.5. The fourth-order valence-corrected chi connectivity index (χ4v) is 2.98. The summed E-state index contributed by atoms with van der Waals surface area (Å²) in [6.07, 6.45) is -0.105. The van der Waals surface area contributed by atoms with Crippen LogP contribution >= 0.6 is 0 Å². The van der Waals surface area contributed by atoms with Crippen molar-refractivity contribution in [3.8, 4) is 0 Å². The van der Waals surface area contributed by atoms with E-state index in [-0.39, 0.29) is 30.0 Å². The van der Waals surface area contributed by atoms with Crippen LogP contribution in [0, 0.1) is 24.0 Å². The van der Waals surface area contributed by atoms with Crippen LogP contribution in [0.15, 0.2) is 36.4 Å². The van der Waals surface area contributed by atoms with Crippen LogP contribution < -0.4 is 5.32 Å². The van der Waals surface area contributed by atoms with Gasteiger partial charge in [-0.1, -0.05) is 18.2 Å². The van der Waals surface area contributed by atoms with Crippen molar-refractivity contribution < 1.29 is 19.3 Å². The maximum atomic E-state index is 12.5. The number of nitrogens with zero attached hydrogens (tertiary/aromatic N) is 2. The van der Waals surface area contributed by atoms with Crippen molar-refractivity contribution in [1.82, 2.24) is 4.90 Å². The second-order valence-electron chi connectivity index (χ2n) is 6.26. The van der Waals surface area contributed by atoms with Crippen molar-refractivity contribution in [1.29, 1.82) is 0 Å². The van der Waals surface area contributed by atoms with Gasteiger partial charge in [0.25, 0.3) is 17.5 Å². The van der Waals surface area contributed by atoms with Gasteiger partial charge in [-0.3, -0.25) is 29.4 Å². The molecule has 27 heavy (non-hydrogen) atoms. The highest BCUT2D eigenvalue weighted by molar-refractivity contribution is 6.23. The zero-order chi connectivity index (χ0) is 19.7. The summed E-state index contributed by atoms with van der Waals surface area (Å²) in [5.74, 6) is -1.73. The molecule has 1 N–H and O–H groups in total. The zero-order valence-electron chi connectivity index (χ0n) is 14.8. The molecule has 3 rings (SSSR count). The first-order valence-electron chi connectivity index (χ1n) is 8.31. The molecule has 2 aromatic carbocycles. The second kappa shape index (κ2) is 6.99. The van der Waals surface area contributed by atoms with Gasteiger partial charge in [-0.05, 0) is 37.1 Å². The average Bonchev–Trinajstić information content (AvgIpc) is 2.88. The van der Waals surface area contributed by atoms with Gasteiger partial charge in [0, 0.05) is 24.7 Å². The Kier molecular flexibility index (Phi) is 4.72. The summed E-state index contributed by atoms with van der Waals surface area (Å²) in [7, 11) is 0. The molecule has 0 spiro atoms. The number of fused-ring (bicyclic) bond motifs is 1. The SMILES string of the molecule is Cc1cccc(NC(=O)CCN2C(=O)c3cccc([N+](=O)[O-])c3C2=O)c1C. The standard InChI is InChI=1S/C19H17N3O5/c1-11-5-3-7-14(12(11)2)20-16(23)9-10-21-18(24)13-6-4-8-15(22(26)27)17(13)19(21)25/h3-8H,9-10H2,1-2H3,(H,20,23). The van der Waals surface area contributed by atoms with Gasteiger partial charge in [-0.15, -0.1) is 0 Å². The average molecular weight is 367 g/mol. The number of carbonyl (C=O) groups is 3. The van der Waals surface area contributed by atoms with Gasteiger partial charge in [-0.2, -0.15) is 0 Å². The molecule has 138 valence electrons. The third-order valence-corrected chi connectivity index (χ3v) is 4.61. The van der Waals surface area contributed by atoms with E-state index in [0.717, 1.165) is 16.0 Å². The van der Waals surface area contributed by atoms with E-state index in [1.54, 1.807) is 6.07 Å². The van der Waals surface area contributed by atoms with E-state index >= 15 is 0 Å². The van der Waals surface area contributed by atoms with Crippen molar-refractivity contribution in [2.24, 2.45) is 0 Å². The molecule has 8 heteroatoms. The molecule has 0 aromatic heterocycles. The Labute approximate surface area is 154 Å². The summed E-state index contributed by atoms with van der Waals surface area (Å²) >= 11 is 0. The van der Waals surface area contributed by atoms with Gasteiger partial charge < -0.3 is 5.32 Å². The Morgan fingerprint density at radius 2 is 1.81 bits per heavy atom.